The van der Waals surface area contributed by atoms with Crippen LogP contribution in [0.1, 0.15) is 16.8 Å². The third-order valence-electron chi connectivity index (χ3n) is 5.89. The summed E-state index contributed by atoms with van der Waals surface area (Å²) in [5, 5.41) is 6.90. The Morgan fingerprint density at radius 3 is 2.36 bits per heavy atom. The van der Waals surface area contributed by atoms with E-state index in [1.54, 1.807) is 11.5 Å². The summed E-state index contributed by atoms with van der Waals surface area (Å²) in [6.07, 6.45) is 0.330. The molecule has 5 rings (SSSR count). The van der Waals surface area contributed by atoms with Crippen LogP contribution in [0.4, 0.5) is 14.5 Å². The number of nitrogens with one attached hydrogen (secondary N) is 1. The van der Waals surface area contributed by atoms with Gasteiger partial charge in [-0.3, -0.25) is 9.59 Å². The number of carbonyl (C=O) groups is 1. The lowest BCUT2D eigenvalue weighted by Gasteiger charge is -2.16. The zero-order valence-corrected chi connectivity index (χ0v) is 19.3. The molecule has 0 atom stereocenters. The average Bonchev–Trinajstić information content (AvgIpc) is 3.33. The van der Waals surface area contributed by atoms with Crippen LogP contribution in [-0.2, 0) is 17.8 Å². The molecule has 0 saturated carbocycles. The summed E-state index contributed by atoms with van der Waals surface area (Å²) >= 11 is 0. The van der Waals surface area contributed by atoms with E-state index in [0.717, 1.165) is 17.7 Å². The number of fused-ring (bicyclic) bond motifs is 1. The highest BCUT2D eigenvalue weighted by molar-refractivity contribution is 5.91. The second-order valence-electron chi connectivity index (χ2n) is 8.30. The molecule has 0 unspecified atom stereocenters. The number of hydrogen-bond acceptors (Lipinski definition) is 4. The number of amides is 1. The monoisotopic (exact) mass is 485 g/mol. The molecule has 0 saturated heterocycles. The van der Waals surface area contributed by atoms with E-state index in [1.165, 1.54) is 4.52 Å². The van der Waals surface area contributed by atoms with E-state index < -0.39 is 17.5 Å². The molecule has 2 aromatic heterocycles. The van der Waals surface area contributed by atoms with Crippen molar-refractivity contribution in [2.75, 3.05) is 5.32 Å². The van der Waals surface area contributed by atoms with Crippen LogP contribution in [0, 0.1) is 18.6 Å². The van der Waals surface area contributed by atoms with Gasteiger partial charge in [0, 0.05) is 29.3 Å². The first-order valence-corrected chi connectivity index (χ1v) is 11.2. The fourth-order valence-electron chi connectivity index (χ4n) is 4.04. The summed E-state index contributed by atoms with van der Waals surface area (Å²) in [4.78, 5) is 30.9. The third-order valence-corrected chi connectivity index (χ3v) is 5.89. The van der Waals surface area contributed by atoms with E-state index >= 15 is 0 Å². The molecule has 36 heavy (non-hydrogen) atoms. The quantitative estimate of drug-likeness (QED) is 0.387. The Balaban J connectivity index is 1.60. The van der Waals surface area contributed by atoms with Crippen LogP contribution in [-0.4, -0.2) is 25.1 Å². The number of hydrogen-bond donors (Lipinski definition) is 1. The predicted octanol–water partition coefficient (Wildman–Crippen LogP) is 4.37. The lowest BCUT2D eigenvalue weighted by atomic mass is 10.0. The predicted molar refractivity (Wildman–Crippen MR) is 132 cm³/mol. The Labute approximate surface area is 204 Å². The highest BCUT2D eigenvalue weighted by Gasteiger charge is 2.21. The van der Waals surface area contributed by atoms with Crippen molar-refractivity contribution in [3.63, 3.8) is 0 Å². The summed E-state index contributed by atoms with van der Waals surface area (Å²) in [5.74, 6) is -1.68. The molecule has 0 fully saturated rings. The van der Waals surface area contributed by atoms with Gasteiger partial charge in [0.25, 0.3) is 5.56 Å². The molecule has 0 aliphatic rings. The molecular formula is C27H21F2N5O2. The average molecular weight is 485 g/mol. The van der Waals surface area contributed by atoms with Gasteiger partial charge >= 0.3 is 0 Å². The molecular weight excluding hydrogens is 464 g/mol. The summed E-state index contributed by atoms with van der Waals surface area (Å²) in [5.41, 5.74) is 2.16. The maximum atomic E-state index is 14.1. The molecule has 0 aliphatic carbocycles. The van der Waals surface area contributed by atoms with Crippen molar-refractivity contribution in [2.45, 2.75) is 19.9 Å². The highest BCUT2D eigenvalue weighted by Crippen LogP contribution is 2.19. The number of anilines is 1. The third kappa shape index (κ3) is 4.50. The molecule has 1 N–H and O–H groups in total. The summed E-state index contributed by atoms with van der Waals surface area (Å²) in [7, 11) is 0. The molecule has 0 aliphatic heterocycles. The first-order chi connectivity index (χ1) is 17.4. The molecule has 180 valence electrons. The standard InChI is InChI=1S/C27H21F2N5O2/c1-17-21(14-18-8-4-2-5-9-18)26(36)34-27(31-25(32-34)19-10-6-3-7-11-19)33(17)16-24(35)30-23-13-12-20(28)15-22(23)29/h2-13,15H,14,16H2,1H3,(H,30,35). The largest absolute Gasteiger partial charge is 0.322 e. The van der Waals surface area contributed by atoms with E-state index in [2.05, 4.69) is 15.4 Å². The van der Waals surface area contributed by atoms with Gasteiger partial charge in [-0.25, -0.2) is 8.78 Å². The van der Waals surface area contributed by atoms with Gasteiger partial charge < -0.3 is 9.88 Å². The Morgan fingerprint density at radius 1 is 0.972 bits per heavy atom. The fraction of sp³-hybridized carbons (Fsp3) is 0.111. The molecule has 2 heterocycles. The Bertz CT molecular complexity index is 1630. The number of halogens is 2. The first kappa shape index (κ1) is 23.1. The molecule has 5 aromatic rings. The maximum Gasteiger partial charge on any atom is 0.279 e. The minimum atomic E-state index is -0.885. The lowest BCUT2D eigenvalue weighted by molar-refractivity contribution is -0.116. The molecule has 0 spiro atoms. The van der Waals surface area contributed by atoms with Crippen molar-refractivity contribution >= 4 is 17.4 Å². The van der Waals surface area contributed by atoms with Crippen molar-refractivity contribution in [1.29, 1.82) is 0 Å². The van der Waals surface area contributed by atoms with Gasteiger partial charge in [-0.15, -0.1) is 5.10 Å². The first-order valence-electron chi connectivity index (χ1n) is 11.2. The van der Waals surface area contributed by atoms with Crippen molar-refractivity contribution in [3.8, 4) is 11.4 Å². The van der Waals surface area contributed by atoms with Crippen LogP contribution in [0.25, 0.3) is 17.2 Å². The number of aromatic nitrogens is 4. The van der Waals surface area contributed by atoms with Gasteiger partial charge in [0.1, 0.15) is 18.2 Å². The van der Waals surface area contributed by atoms with E-state index in [4.69, 9.17) is 0 Å². The van der Waals surface area contributed by atoms with Crippen LogP contribution in [0.2, 0.25) is 0 Å². The van der Waals surface area contributed by atoms with Gasteiger partial charge in [0.2, 0.25) is 11.7 Å². The van der Waals surface area contributed by atoms with Crippen molar-refractivity contribution in [1.82, 2.24) is 19.2 Å². The van der Waals surface area contributed by atoms with Crippen molar-refractivity contribution in [3.05, 3.63) is 118 Å². The van der Waals surface area contributed by atoms with Gasteiger partial charge in [0.05, 0.1) is 5.69 Å². The van der Waals surface area contributed by atoms with E-state index in [1.807, 2.05) is 60.7 Å². The Hall–Kier alpha value is -4.66. The smallest absolute Gasteiger partial charge is 0.279 e. The second kappa shape index (κ2) is 9.53. The normalized spacial score (nSPS) is 11.1. The zero-order chi connectivity index (χ0) is 25.2. The fourth-order valence-corrected chi connectivity index (χ4v) is 4.04. The molecule has 1 amide bonds. The molecule has 3 aromatic carbocycles. The van der Waals surface area contributed by atoms with Gasteiger partial charge in [-0.1, -0.05) is 60.7 Å². The van der Waals surface area contributed by atoms with Crippen LogP contribution >= 0.6 is 0 Å². The number of rotatable bonds is 6. The number of carbonyl (C=O) groups excluding carboxylic acids is 1. The van der Waals surface area contributed by atoms with Gasteiger partial charge in [-0.05, 0) is 24.6 Å². The second-order valence-corrected chi connectivity index (χ2v) is 8.30. The summed E-state index contributed by atoms with van der Waals surface area (Å²) in [6, 6.07) is 21.6. The molecule has 9 heteroatoms. The summed E-state index contributed by atoms with van der Waals surface area (Å²) in [6.45, 7) is 1.48. The minimum absolute atomic E-state index is 0.146. The van der Waals surface area contributed by atoms with Gasteiger partial charge in [-0.2, -0.15) is 9.50 Å². The Kier molecular flexibility index (Phi) is 6.12. The zero-order valence-electron chi connectivity index (χ0n) is 19.3. The summed E-state index contributed by atoms with van der Waals surface area (Å²) < 4.78 is 30.1. The highest BCUT2D eigenvalue weighted by atomic mass is 19.1. The van der Waals surface area contributed by atoms with Crippen LogP contribution in [0.15, 0.2) is 83.7 Å². The van der Waals surface area contributed by atoms with E-state index in [0.29, 0.717) is 35.1 Å². The van der Waals surface area contributed by atoms with Crippen LogP contribution in [0.3, 0.4) is 0 Å². The van der Waals surface area contributed by atoms with Crippen molar-refractivity contribution in [2.24, 2.45) is 0 Å². The Morgan fingerprint density at radius 2 is 1.67 bits per heavy atom. The van der Waals surface area contributed by atoms with Crippen LogP contribution < -0.4 is 10.9 Å². The van der Waals surface area contributed by atoms with E-state index in [9.17, 15) is 18.4 Å². The molecule has 7 nitrogen and oxygen atoms in total. The number of nitrogens with zero attached hydrogens (tertiary/aromatic N) is 4. The minimum Gasteiger partial charge on any atom is -0.322 e. The SMILES string of the molecule is Cc1c(Cc2ccccc2)c(=O)n2nc(-c3ccccc3)nc2n1CC(=O)Nc1ccc(F)cc1F. The van der Waals surface area contributed by atoms with Crippen molar-refractivity contribution < 1.29 is 13.6 Å². The van der Waals surface area contributed by atoms with Gasteiger partial charge in [0.15, 0.2) is 5.82 Å². The van der Waals surface area contributed by atoms with E-state index in [-0.39, 0.29) is 23.6 Å². The maximum absolute atomic E-state index is 14.1. The number of benzene rings is 3. The molecule has 0 radical (unpaired) electrons. The van der Waals surface area contributed by atoms with Crippen LogP contribution in [0.5, 0.6) is 0 Å². The topological polar surface area (TPSA) is 81.3 Å². The lowest BCUT2D eigenvalue weighted by Crippen LogP contribution is -2.29. The molecule has 0 bridgehead atoms.